The lowest BCUT2D eigenvalue weighted by Crippen LogP contribution is -2.44. The van der Waals surface area contributed by atoms with E-state index in [0.29, 0.717) is 18.8 Å². The maximum absolute atomic E-state index is 8.93. The van der Waals surface area contributed by atoms with E-state index in [4.69, 9.17) is 9.84 Å². The zero-order valence-electron chi connectivity index (χ0n) is 10.4. The summed E-state index contributed by atoms with van der Waals surface area (Å²) in [7, 11) is 0. The Morgan fingerprint density at radius 1 is 1.25 bits per heavy atom. The highest BCUT2D eigenvalue weighted by Gasteiger charge is 2.29. The molecule has 16 heavy (non-hydrogen) atoms. The van der Waals surface area contributed by atoms with E-state index in [-0.39, 0.29) is 0 Å². The molecule has 94 valence electrons. The molecule has 0 aromatic carbocycles. The molecule has 1 saturated heterocycles. The van der Waals surface area contributed by atoms with Gasteiger partial charge in [0, 0.05) is 25.7 Å². The smallest absolute Gasteiger partial charge is 0.0706 e. The molecular weight excluding hydrogens is 202 g/mol. The monoisotopic (exact) mass is 227 g/mol. The van der Waals surface area contributed by atoms with Crippen molar-refractivity contribution in [2.45, 2.75) is 63.7 Å². The van der Waals surface area contributed by atoms with Crippen molar-refractivity contribution in [1.82, 2.24) is 4.90 Å². The first kappa shape index (κ1) is 12.3. The van der Waals surface area contributed by atoms with Crippen LogP contribution in [0.4, 0.5) is 0 Å². The van der Waals surface area contributed by atoms with Gasteiger partial charge in [-0.15, -0.1) is 0 Å². The van der Waals surface area contributed by atoms with Gasteiger partial charge >= 0.3 is 0 Å². The molecule has 0 amide bonds. The highest BCUT2D eigenvalue weighted by Crippen LogP contribution is 2.27. The summed E-state index contributed by atoms with van der Waals surface area (Å²) in [6, 6.07) is 0.769. The summed E-state index contributed by atoms with van der Waals surface area (Å²) in [5.41, 5.74) is 0. The van der Waals surface area contributed by atoms with Crippen LogP contribution in [0.3, 0.4) is 0 Å². The van der Waals surface area contributed by atoms with Crippen molar-refractivity contribution < 1.29 is 9.84 Å². The fraction of sp³-hybridized carbons (Fsp3) is 1.00. The summed E-state index contributed by atoms with van der Waals surface area (Å²) in [6.07, 6.45) is 8.27. The molecule has 0 aromatic rings. The molecule has 1 aliphatic heterocycles. The van der Waals surface area contributed by atoms with Crippen molar-refractivity contribution in [3.63, 3.8) is 0 Å². The predicted molar refractivity (Wildman–Crippen MR) is 64.5 cm³/mol. The Morgan fingerprint density at radius 3 is 2.56 bits per heavy atom. The van der Waals surface area contributed by atoms with Crippen LogP contribution in [0.25, 0.3) is 0 Å². The molecule has 0 radical (unpaired) electrons. The molecule has 0 aromatic heterocycles. The highest BCUT2D eigenvalue weighted by atomic mass is 16.5. The average Bonchev–Trinajstić information content (AvgIpc) is 2.58. The van der Waals surface area contributed by atoms with Crippen LogP contribution in [0.2, 0.25) is 0 Å². The lowest BCUT2D eigenvalue weighted by Gasteiger charge is -2.38. The van der Waals surface area contributed by atoms with E-state index in [1.165, 1.54) is 32.1 Å². The van der Waals surface area contributed by atoms with E-state index >= 15 is 0 Å². The summed E-state index contributed by atoms with van der Waals surface area (Å²) in [5, 5.41) is 8.93. The van der Waals surface area contributed by atoms with Crippen molar-refractivity contribution in [2.24, 2.45) is 0 Å². The Bertz CT molecular complexity index is 206. The number of ether oxygens (including phenoxy) is 1. The Morgan fingerprint density at radius 2 is 2.06 bits per heavy atom. The van der Waals surface area contributed by atoms with Crippen molar-refractivity contribution in [2.75, 3.05) is 19.7 Å². The number of rotatable bonds is 6. The van der Waals surface area contributed by atoms with Gasteiger partial charge in [0.25, 0.3) is 0 Å². The average molecular weight is 227 g/mol. The maximum Gasteiger partial charge on any atom is 0.0706 e. The number of aliphatic hydroxyl groups excluding tert-OH is 1. The summed E-state index contributed by atoms with van der Waals surface area (Å²) in [6.45, 7) is 4.59. The number of aliphatic hydroxyl groups is 1. The zero-order chi connectivity index (χ0) is 11.4. The minimum Gasteiger partial charge on any atom is -0.396 e. The minimum absolute atomic E-state index is 0.311. The van der Waals surface area contributed by atoms with Gasteiger partial charge in [-0.2, -0.15) is 0 Å². The third-order valence-electron chi connectivity index (χ3n) is 3.95. The molecule has 1 aliphatic carbocycles. The van der Waals surface area contributed by atoms with Crippen molar-refractivity contribution in [3.8, 4) is 0 Å². The summed E-state index contributed by atoms with van der Waals surface area (Å²) in [5.74, 6) is 0. The molecule has 1 heterocycles. The van der Waals surface area contributed by atoms with Gasteiger partial charge in [-0.1, -0.05) is 6.42 Å². The van der Waals surface area contributed by atoms with Crippen LogP contribution < -0.4 is 0 Å². The van der Waals surface area contributed by atoms with E-state index in [0.717, 1.165) is 25.6 Å². The fourth-order valence-corrected chi connectivity index (χ4v) is 2.73. The van der Waals surface area contributed by atoms with E-state index < -0.39 is 0 Å². The van der Waals surface area contributed by atoms with Gasteiger partial charge in [-0.3, -0.25) is 4.90 Å². The molecule has 2 unspecified atom stereocenters. The topological polar surface area (TPSA) is 32.7 Å². The standard InChI is InChI=1S/C13H25NO2/c1-11-6-7-13(16-11)10-14(8-3-9-15)12-4-2-5-12/h11-13,15H,2-10H2,1H3. The second kappa shape index (κ2) is 5.99. The van der Waals surface area contributed by atoms with Gasteiger partial charge < -0.3 is 9.84 Å². The molecule has 2 aliphatic rings. The van der Waals surface area contributed by atoms with Crippen molar-refractivity contribution >= 4 is 0 Å². The van der Waals surface area contributed by atoms with E-state index in [1.807, 2.05) is 0 Å². The summed E-state index contributed by atoms with van der Waals surface area (Å²) < 4.78 is 5.89. The molecule has 0 bridgehead atoms. The summed E-state index contributed by atoms with van der Waals surface area (Å²) >= 11 is 0. The first-order chi connectivity index (χ1) is 7.79. The van der Waals surface area contributed by atoms with E-state index in [1.54, 1.807) is 0 Å². The lowest BCUT2D eigenvalue weighted by atomic mass is 9.91. The second-order valence-corrected chi connectivity index (χ2v) is 5.30. The Kier molecular flexibility index (Phi) is 4.62. The maximum atomic E-state index is 8.93. The first-order valence-electron chi connectivity index (χ1n) is 6.80. The normalized spacial score (nSPS) is 30.9. The molecule has 3 nitrogen and oxygen atoms in total. The summed E-state index contributed by atoms with van der Waals surface area (Å²) in [4.78, 5) is 2.54. The number of hydrogen-bond donors (Lipinski definition) is 1. The zero-order valence-corrected chi connectivity index (χ0v) is 10.4. The molecule has 0 spiro atoms. The molecule has 2 atom stereocenters. The molecule has 2 rings (SSSR count). The van der Waals surface area contributed by atoms with Crippen LogP contribution >= 0.6 is 0 Å². The quantitative estimate of drug-likeness (QED) is 0.751. The Labute approximate surface area is 98.8 Å². The fourth-order valence-electron chi connectivity index (χ4n) is 2.73. The molecule has 3 heteroatoms. The SMILES string of the molecule is CC1CCC(CN(CCCO)C2CCC2)O1. The van der Waals surface area contributed by atoms with E-state index in [9.17, 15) is 0 Å². The van der Waals surface area contributed by atoms with Crippen LogP contribution in [0.15, 0.2) is 0 Å². The minimum atomic E-state index is 0.311. The van der Waals surface area contributed by atoms with Gasteiger partial charge in [0.2, 0.25) is 0 Å². The van der Waals surface area contributed by atoms with Gasteiger partial charge in [-0.05, 0) is 39.0 Å². The second-order valence-electron chi connectivity index (χ2n) is 5.30. The third-order valence-corrected chi connectivity index (χ3v) is 3.95. The highest BCUT2D eigenvalue weighted by molar-refractivity contribution is 4.83. The van der Waals surface area contributed by atoms with Crippen LogP contribution in [0, 0.1) is 0 Å². The predicted octanol–water partition coefficient (Wildman–Crippen LogP) is 1.79. The van der Waals surface area contributed by atoms with Crippen LogP contribution in [0.5, 0.6) is 0 Å². The van der Waals surface area contributed by atoms with E-state index in [2.05, 4.69) is 11.8 Å². The molecule has 1 saturated carbocycles. The molecule has 1 N–H and O–H groups in total. The molecular formula is C13H25NO2. The largest absolute Gasteiger partial charge is 0.396 e. The van der Waals surface area contributed by atoms with Gasteiger partial charge in [-0.25, -0.2) is 0 Å². The van der Waals surface area contributed by atoms with Crippen LogP contribution in [-0.4, -0.2) is 48.0 Å². The van der Waals surface area contributed by atoms with Crippen LogP contribution in [-0.2, 0) is 4.74 Å². The first-order valence-corrected chi connectivity index (χ1v) is 6.80. The lowest BCUT2D eigenvalue weighted by molar-refractivity contribution is 0.00832. The third kappa shape index (κ3) is 3.19. The number of hydrogen-bond acceptors (Lipinski definition) is 3. The van der Waals surface area contributed by atoms with Crippen molar-refractivity contribution in [3.05, 3.63) is 0 Å². The van der Waals surface area contributed by atoms with Crippen molar-refractivity contribution in [1.29, 1.82) is 0 Å². The Hall–Kier alpha value is -0.120. The number of nitrogens with zero attached hydrogens (tertiary/aromatic N) is 1. The van der Waals surface area contributed by atoms with Gasteiger partial charge in [0.05, 0.1) is 12.2 Å². The van der Waals surface area contributed by atoms with Gasteiger partial charge in [0.15, 0.2) is 0 Å². The van der Waals surface area contributed by atoms with Gasteiger partial charge in [0.1, 0.15) is 0 Å². The Balaban J connectivity index is 1.76. The molecule has 2 fully saturated rings. The van der Waals surface area contributed by atoms with Crippen LogP contribution in [0.1, 0.15) is 45.4 Å².